The van der Waals surface area contributed by atoms with Gasteiger partial charge in [0.1, 0.15) is 5.69 Å². The molecule has 1 heterocycles. The summed E-state index contributed by atoms with van der Waals surface area (Å²) in [5, 5.41) is 14.5. The summed E-state index contributed by atoms with van der Waals surface area (Å²) in [6.45, 7) is 0.826. The number of amides is 1. The van der Waals surface area contributed by atoms with Gasteiger partial charge in [-0.15, -0.1) is 0 Å². The molecule has 0 bridgehead atoms. The van der Waals surface area contributed by atoms with Gasteiger partial charge in [-0.1, -0.05) is 18.2 Å². The van der Waals surface area contributed by atoms with Crippen molar-refractivity contribution in [2.24, 2.45) is 5.92 Å². The Morgan fingerprint density at radius 1 is 1.14 bits per heavy atom. The standard InChI is InChI=1S/C20H21N3O5/c1-28-20(25)14-9-11-22(12-10-14)19(24)15-7-8-17(18(13-15)23(26)27)21-16-5-3-2-4-6-16/h2-8,13-14,21H,9-12H2,1H3. The summed E-state index contributed by atoms with van der Waals surface area (Å²) in [6, 6.07) is 13.5. The molecule has 1 aliphatic heterocycles. The van der Waals surface area contributed by atoms with E-state index in [4.69, 9.17) is 4.74 Å². The molecule has 0 aliphatic carbocycles. The molecule has 0 unspecified atom stereocenters. The molecule has 0 aromatic heterocycles. The first kappa shape index (κ1) is 19.3. The van der Waals surface area contributed by atoms with E-state index in [9.17, 15) is 19.7 Å². The number of piperidine rings is 1. The second-order valence-electron chi connectivity index (χ2n) is 6.57. The highest BCUT2D eigenvalue weighted by atomic mass is 16.6. The van der Waals surface area contributed by atoms with Crippen molar-refractivity contribution in [2.45, 2.75) is 12.8 Å². The Hall–Kier alpha value is -3.42. The molecule has 0 atom stereocenters. The molecule has 1 saturated heterocycles. The minimum Gasteiger partial charge on any atom is -0.469 e. The number of nitro groups is 1. The molecule has 1 N–H and O–H groups in total. The lowest BCUT2D eigenvalue weighted by atomic mass is 9.96. The van der Waals surface area contributed by atoms with E-state index in [1.165, 1.54) is 13.2 Å². The number of nitrogens with zero attached hydrogens (tertiary/aromatic N) is 2. The number of carbonyl (C=O) groups is 2. The number of anilines is 2. The van der Waals surface area contributed by atoms with Gasteiger partial charge in [0, 0.05) is 30.4 Å². The van der Waals surface area contributed by atoms with E-state index >= 15 is 0 Å². The zero-order valence-electron chi connectivity index (χ0n) is 15.5. The number of hydrogen-bond acceptors (Lipinski definition) is 6. The zero-order chi connectivity index (χ0) is 20.1. The molecule has 146 valence electrons. The van der Waals surface area contributed by atoms with E-state index in [2.05, 4.69) is 5.32 Å². The van der Waals surface area contributed by atoms with Crippen LogP contribution in [0.2, 0.25) is 0 Å². The highest BCUT2D eigenvalue weighted by Crippen LogP contribution is 2.30. The van der Waals surface area contributed by atoms with Crippen LogP contribution < -0.4 is 5.32 Å². The van der Waals surface area contributed by atoms with Crippen LogP contribution in [0, 0.1) is 16.0 Å². The molecule has 2 aromatic carbocycles. The van der Waals surface area contributed by atoms with Crippen molar-refractivity contribution in [3.8, 4) is 0 Å². The number of benzene rings is 2. The van der Waals surface area contributed by atoms with Crippen molar-refractivity contribution >= 4 is 28.9 Å². The Bertz CT molecular complexity index is 877. The molecule has 1 fully saturated rings. The first-order chi connectivity index (χ1) is 13.5. The van der Waals surface area contributed by atoms with Gasteiger partial charge >= 0.3 is 5.97 Å². The number of methoxy groups -OCH3 is 1. The van der Waals surface area contributed by atoms with Crippen LogP contribution in [0.15, 0.2) is 48.5 Å². The third kappa shape index (κ3) is 4.28. The summed E-state index contributed by atoms with van der Waals surface area (Å²) in [7, 11) is 1.35. The van der Waals surface area contributed by atoms with E-state index in [0.29, 0.717) is 31.6 Å². The van der Waals surface area contributed by atoms with Crippen LogP contribution in [0.4, 0.5) is 17.1 Å². The maximum atomic E-state index is 12.8. The van der Waals surface area contributed by atoms with Crippen molar-refractivity contribution in [1.29, 1.82) is 0 Å². The summed E-state index contributed by atoms with van der Waals surface area (Å²) < 4.78 is 4.75. The summed E-state index contributed by atoms with van der Waals surface area (Å²) in [5.41, 5.74) is 1.12. The van der Waals surface area contributed by atoms with Gasteiger partial charge in [-0.25, -0.2) is 0 Å². The number of hydrogen-bond donors (Lipinski definition) is 1. The van der Waals surface area contributed by atoms with Crippen LogP contribution in [0.1, 0.15) is 23.2 Å². The van der Waals surface area contributed by atoms with Crippen LogP contribution in [-0.2, 0) is 9.53 Å². The Morgan fingerprint density at radius 3 is 2.43 bits per heavy atom. The van der Waals surface area contributed by atoms with E-state index < -0.39 is 4.92 Å². The van der Waals surface area contributed by atoms with Crippen LogP contribution in [-0.4, -0.2) is 41.9 Å². The SMILES string of the molecule is COC(=O)C1CCN(C(=O)c2ccc(Nc3ccccc3)c([N+](=O)[O-])c2)CC1. The molecule has 0 spiro atoms. The highest BCUT2D eigenvalue weighted by Gasteiger charge is 2.29. The number of nitrogens with one attached hydrogen (secondary N) is 1. The van der Waals surface area contributed by atoms with Crippen molar-refractivity contribution in [3.05, 3.63) is 64.2 Å². The first-order valence-electron chi connectivity index (χ1n) is 8.97. The van der Waals surface area contributed by atoms with Gasteiger partial charge in [-0.3, -0.25) is 19.7 Å². The van der Waals surface area contributed by atoms with Crippen molar-refractivity contribution in [1.82, 2.24) is 4.90 Å². The number of para-hydroxylation sites is 1. The predicted octanol–water partition coefficient (Wildman–Crippen LogP) is 3.36. The lowest BCUT2D eigenvalue weighted by molar-refractivity contribution is -0.383. The van der Waals surface area contributed by atoms with Gasteiger partial charge in [-0.05, 0) is 37.1 Å². The fourth-order valence-corrected chi connectivity index (χ4v) is 3.27. The number of carbonyl (C=O) groups excluding carboxylic acids is 2. The first-order valence-corrected chi connectivity index (χ1v) is 8.97. The minimum atomic E-state index is -0.508. The summed E-state index contributed by atoms with van der Waals surface area (Å²) in [6.07, 6.45) is 1.04. The van der Waals surface area contributed by atoms with Gasteiger partial charge in [0.25, 0.3) is 11.6 Å². The van der Waals surface area contributed by atoms with Crippen molar-refractivity contribution in [3.63, 3.8) is 0 Å². The maximum Gasteiger partial charge on any atom is 0.308 e. The van der Waals surface area contributed by atoms with Crippen LogP contribution in [0.5, 0.6) is 0 Å². The molecule has 8 heteroatoms. The van der Waals surface area contributed by atoms with E-state index in [0.717, 1.165) is 5.69 Å². The van der Waals surface area contributed by atoms with Gasteiger partial charge < -0.3 is 15.0 Å². The lowest BCUT2D eigenvalue weighted by Gasteiger charge is -2.30. The molecule has 3 rings (SSSR count). The molecule has 8 nitrogen and oxygen atoms in total. The quantitative estimate of drug-likeness (QED) is 0.483. The molecule has 0 radical (unpaired) electrons. The molecule has 28 heavy (non-hydrogen) atoms. The van der Waals surface area contributed by atoms with E-state index in [1.54, 1.807) is 29.2 Å². The molecular weight excluding hydrogens is 362 g/mol. The van der Waals surface area contributed by atoms with Crippen molar-refractivity contribution in [2.75, 3.05) is 25.5 Å². The van der Waals surface area contributed by atoms with Crippen LogP contribution in [0.25, 0.3) is 0 Å². The second kappa shape index (κ2) is 8.51. The van der Waals surface area contributed by atoms with Crippen molar-refractivity contribution < 1.29 is 19.2 Å². The largest absolute Gasteiger partial charge is 0.469 e. The average Bonchev–Trinajstić information content (AvgIpc) is 2.73. The molecule has 0 saturated carbocycles. The lowest BCUT2D eigenvalue weighted by Crippen LogP contribution is -2.40. The Balaban J connectivity index is 1.75. The smallest absolute Gasteiger partial charge is 0.308 e. The van der Waals surface area contributed by atoms with Crippen LogP contribution in [0.3, 0.4) is 0 Å². The molecule has 2 aromatic rings. The Labute approximate surface area is 162 Å². The van der Waals surface area contributed by atoms with E-state index in [1.807, 2.05) is 18.2 Å². The fourth-order valence-electron chi connectivity index (χ4n) is 3.27. The van der Waals surface area contributed by atoms with E-state index in [-0.39, 0.29) is 29.0 Å². The number of nitro benzene ring substituents is 1. The van der Waals surface area contributed by atoms with Gasteiger partial charge in [0.15, 0.2) is 0 Å². The van der Waals surface area contributed by atoms with Gasteiger partial charge in [-0.2, -0.15) is 0 Å². The fraction of sp³-hybridized carbons (Fsp3) is 0.300. The monoisotopic (exact) mass is 383 g/mol. The average molecular weight is 383 g/mol. The topological polar surface area (TPSA) is 102 Å². The van der Waals surface area contributed by atoms with Gasteiger partial charge in [0.2, 0.25) is 0 Å². The third-order valence-electron chi connectivity index (χ3n) is 4.81. The molecule has 1 aliphatic rings. The number of likely N-dealkylation sites (tertiary alicyclic amines) is 1. The molecule has 1 amide bonds. The summed E-state index contributed by atoms with van der Waals surface area (Å²) in [5.74, 6) is -0.752. The maximum absolute atomic E-state index is 12.8. The second-order valence-corrected chi connectivity index (χ2v) is 6.57. The number of ether oxygens (including phenoxy) is 1. The summed E-state index contributed by atoms with van der Waals surface area (Å²) >= 11 is 0. The normalized spacial score (nSPS) is 14.4. The predicted molar refractivity (Wildman–Crippen MR) is 103 cm³/mol. The minimum absolute atomic E-state index is 0.167. The Kier molecular flexibility index (Phi) is 5.88. The van der Waals surface area contributed by atoms with Crippen LogP contribution >= 0.6 is 0 Å². The Morgan fingerprint density at radius 2 is 1.82 bits per heavy atom. The highest BCUT2D eigenvalue weighted by molar-refractivity contribution is 5.96. The summed E-state index contributed by atoms with van der Waals surface area (Å²) in [4.78, 5) is 37.0. The number of rotatable bonds is 5. The van der Waals surface area contributed by atoms with Gasteiger partial charge in [0.05, 0.1) is 18.0 Å². The molecular formula is C20H21N3O5. The third-order valence-corrected chi connectivity index (χ3v) is 4.81. The number of esters is 1. The zero-order valence-corrected chi connectivity index (χ0v) is 15.5.